The summed E-state index contributed by atoms with van der Waals surface area (Å²) in [5, 5.41) is 17.7. The van der Waals surface area contributed by atoms with Crippen LogP contribution < -0.4 is 4.90 Å². The second-order valence-corrected chi connectivity index (χ2v) is 8.76. The fourth-order valence-electron chi connectivity index (χ4n) is 3.89. The van der Waals surface area contributed by atoms with E-state index in [9.17, 15) is 9.90 Å². The van der Waals surface area contributed by atoms with Gasteiger partial charge in [-0.3, -0.25) is 19.7 Å². The number of benzene rings is 1. The van der Waals surface area contributed by atoms with Crippen molar-refractivity contribution in [2.75, 3.05) is 11.9 Å². The lowest BCUT2D eigenvalue weighted by atomic mass is 9.99. The zero-order valence-corrected chi connectivity index (χ0v) is 17.7. The van der Waals surface area contributed by atoms with Crippen LogP contribution in [0.2, 0.25) is 5.02 Å². The Labute approximate surface area is 172 Å². The summed E-state index contributed by atoms with van der Waals surface area (Å²) >= 11 is 7.78. The molecule has 0 aliphatic carbocycles. The normalized spacial score (nSPS) is 21.0. The number of carbonyl (C=O) groups is 1. The number of halogens is 1. The number of likely N-dealkylation sites (N-methyl/N-ethyl adjacent to an activating group) is 1. The molecule has 4 rings (SSSR count). The highest BCUT2D eigenvalue weighted by Gasteiger charge is 2.43. The molecule has 0 bridgehead atoms. The van der Waals surface area contributed by atoms with Crippen LogP contribution in [0.4, 0.5) is 5.00 Å². The summed E-state index contributed by atoms with van der Waals surface area (Å²) in [5.41, 5.74) is 3.95. The van der Waals surface area contributed by atoms with E-state index in [-0.39, 0.29) is 12.6 Å². The van der Waals surface area contributed by atoms with E-state index in [2.05, 4.69) is 23.8 Å². The van der Waals surface area contributed by atoms with Gasteiger partial charge in [0, 0.05) is 28.1 Å². The summed E-state index contributed by atoms with van der Waals surface area (Å²) in [7, 11) is 1.87. The average molecular weight is 417 g/mol. The SMILES string of the molecule is CC1=NN(C)C2[C@H](CC(=O)O)N=C(c3ccc(Cl)cc3)c3c(sc(C)c3C)N12. The molecular formula is C20H21ClN4O2S. The van der Waals surface area contributed by atoms with Crippen molar-refractivity contribution in [2.45, 2.75) is 39.4 Å². The summed E-state index contributed by atoms with van der Waals surface area (Å²) in [6, 6.07) is 7.09. The van der Waals surface area contributed by atoms with Gasteiger partial charge >= 0.3 is 5.97 Å². The number of aliphatic carboxylic acids is 1. The minimum atomic E-state index is -0.875. The number of hydrazone groups is 1. The third-order valence-electron chi connectivity index (χ3n) is 5.26. The molecule has 2 aliphatic rings. The fourth-order valence-corrected chi connectivity index (χ4v) is 5.25. The van der Waals surface area contributed by atoms with Gasteiger partial charge < -0.3 is 5.11 Å². The van der Waals surface area contributed by atoms with E-state index < -0.39 is 12.0 Å². The second kappa shape index (κ2) is 6.90. The Balaban J connectivity index is 1.98. The lowest BCUT2D eigenvalue weighted by Crippen LogP contribution is -2.48. The summed E-state index contributed by atoms with van der Waals surface area (Å²) in [6.45, 7) is 6.15. The quantitative estimate of drug-likeness (QED) is 0.817. The number of carboxylic acid groups (broad SMARTS) is 1. The number of aryl methyl sites for hydroxylation is 1. The van der Waals surface area contributed by atoms with Crippen molar-refractivity contribution in [2.24, 2.45) is 10.1 Å². The minimum Gasteiger partial charge on any atom is -0.481 e. The Kier molecular flexibility index (Phi) is 4.67. The first-order valence-corrected chi connectivity index (χ1v) is 10.2. The number of aliphatic imine (C=N–C) groups is 1. The van der Waals surface area contributed by atoms with Crippen LogP contribution in [-0.4, -0.2) is 46.9 Å². The predicted octanol–water partition coefficient (Wildman–Crippen LogP) is 4.12. The van der Waals surface area contributed by atoms with Crippen LogP contribution >= 0.6 is 22.9 Å². The van der Waals surface area contributed by atoms with Gasteiger partial charge in [-0.2, -0.15) is 5.10 Å². The summed E-state index contributed by atoms with van der Waals surface area (Å²) < 4.78 is 0. The van der Waals surface area contributed by atoms with Crippen LogP contribution in [0.25, 0.3) is 0 Å². The molecule has 1 aromatic carbocycles. The first-order valence-electron chi connectivity index (χ1n) is 9.01. The lowest BCUT2D eigenvalue weighted by Gasteiger charge is -2.31. The van der Waals surface area contributed by atoms with Crippen LogP contribution in [0.15, 0.2) is 34.4 Å². The average Bonchev–Trinajstić information content (AvgIpc) is 3.02. The molecule has 0 amide bonds. The summed E-state index contributed by atoms with van der Waals surface area (Å²) in [4.78, 5) is 20.0. The molecule has 8 heteroatoms. The van der Waals surface area contributed by atoms with Gasteiger partial charge in [0.05, 0.1) is 12.1 Å². The van der Waals surface area contributed by atoms with Crippen molar-refractivity contribution in [3.05, 3.63) is 50.9 Å². The number of thiophene rings is 1. The van der Waals surface area contributed by atoms with Crippen molar-refractivity contribution >= 4 is 45.5 Å². The molecule has 3 heterocycles. The van der Waals surface area contributed by atoms with Crippen LogP contribution in [0.1, 0.15) is 34.9 Å². The number of nitrogens with zero attached hydrogens (tertiary/aromatic N) is 4. The van der Waals surface area contributed by atoms with Gasteiger partial charge in [0.25, 0.3) is 0 Å². The Morgan fingerprint density at radius 1 is 1.25 bits per heavy atom. The van der Waals surface area contributed by atoms with Crippen LogP contribution in [0.5, 0.6) is 0 Å². The number of amidine groups is 1. The highest BCUT2D eigenvalue weighted by atomic mass is 35.5. The molecule has 1 unspecified atom stereocenters. The van der Waals surface area contributed by atoms with Crippen molar-refractivity contribution < 1.29 is 9.90 Å². The molecule has 0 saturated carbocycles. The van der Waals surface area contributed by atoms with Crippen molar-refractivity contribution in [3.63, 3.8) is 0 Å². The minimum absolute atomic E-state index is 0.0711. The molecule has 1 aromatic heterocycles. The number of fused-ring (bicyclic) bond motifs is 3. The van der Waals surface area contributed by atoms with E-state index in [1.807, 2.05) is 43.2 Å². The van der Waals surface area contributed by atoms with Gasteiger partial charge in [0.15, 0.2) is 0 Å². The zero-order valence-electron chi connectivity index (χ0n) is 16.1. The maximum Gasteiger partial charge on any atom is 0.305 e. The zero-order chi connectivity index (χ0) is 20.2. The van der Waals surface area contributed by atoms with Crippen LogP contribution in [0.3, 0.4) is 0 Å². The Morgan fingerprint density at radius 2 is 1.93 bits per heavy atom. The molecule has 0 fully saturated rings. The molecule has 0 spiro atoms. The van der Waals surface area contributed by atoms with Gasteiger partial charge in [-0.1, -0.05) is 23.7 Å². The van der Waals surface area contributed by atoms with Crippen molar-refractivity contribution in [3.8, 4) is 0 Å². The smallest absolute Gasteiger partial charge is 0.305 e. The summed E-state index contributed by atoms with van der Waals surface area (Å²) in [5.74, 6) is -0.0294. The van der Waals surface area contributed by atoms with Gasteiger partial charge in [0.1, 0.15) is 23.0 Å². The maximum atomic E-state index is 11.6. The van der Waals surface area contributed by atoms with Gasteiger partial charge in [-0.05, 0) is 38.5 Å². The Bertz CT molecular complexity index is 1010. The maximum absolute atomic E-state index is 11.6. The number of rotatable bonds is 3. The first kappa shape index (κ1) is 19.0. The highest BCUT2D eigenvalue weighted by molar-refractivity contribution is 7.17. The third kappa shape index (κ3) is 2.99. The molecule has 0 radical (unpaired) electrons. The predicted molar refractivity (Wildman–Crippen MR) is 114 cm³/mol. The van der Waals surface area contributed by atoms with E-state index >= 15 is 0 Å². The standard InChI is InChI=1S/C20H21ClN4O2S/c1-10-11(2)28-20-17(10)18(13-5-7-14(21)8-6-13)22-15(9-16(26)27)19-24(4)23-12(3)25(19)20/h5-8,15,19H,9H2,1-4H3,(H,26,27)/t15-,19?/m0/s1. The molecule has 6 nitrogen and oxygen atoms in total. The van der Waals surface area contributed by atoms with Crippen molar-refractivity contribution in [1.82, 2.24) is 5.01 Å². The topological polar surface area (TPSA) is 68.5 Å². The highest BCUT2D eigenvalue weighted by Crippen LogP contribution is 2.43. The van der Waals surface area contributed by atoms with Gasteiger partial charge in [0.2, 0.25) is 0 Å². The third-order valence-corrected chi connectivity index (χ3v) is 6.72. The number of carboxylic acids is 1. The fraction of sp³-hybridized carbons (Fsp3) is 0.350. The van der Waals surface area contributed by atoms with E-state index in [4.69, 9.17) is 16.6 Å². The molecule has 2 atom stereocenters. The van der Waals surface area contributed by atoms with Crippen LogP contribution in [0, 0.1) is 13.8 Å². The second-order valence-electron chi connectivity index (χ2n) is 7.12. The first-order chi connectivity index (χ1) is 13.3. The summed E-state index contributed by atoms with van der Waals surface area (Å²) in [6.07, 6.45) is -0.338. The molecule has 1 N–H and O–H groups in total. The number of anilines is 1. The van der Waals surface area contributed by atoms with Crippen molar-refractivity contribution in [1.29, 1.82) is 0 Å². The number of hydrogen-bond acceptors (Lipinski definition) is 6. The van der Waals surface area contributed by atoms with Crippen LogP contribution in [-0.2, 0) is 4.79 Å². The molecule has 28 heavy (non-hydrogen) atoms. The molecule has 2 aromatic rings. The molecule has 146 valence electrons. The Morgan fingerprint density at radius 3 is 2.57 bits per heavy atom. The largest absolute Gasteiger partial charge is 0.481 e. The molecular weight excluding hydrogens is 396 g/mol. The van der Waals surface area contributed by atoms with Gasteiger partial charge in [-0.15, -0.1) is 11.3 Å². The van der Waals surface area contributed by atoms with Gasteiger partial charge in [-0.25, -0.2) is 0 Å². The Hall–Kier alpha value is -2.38. The van der Waals surface area contributed by atoms with E-state index in [0.717, 1.165) is 33.2 Å². The molecule has 0 saturated heterocycles. The van der Waals surface area contributed by atoms with E-state index in [1.54, 1.807) is 11.3 Å². The van der Waals surface area contributed by atoms with E-state index in [1.165, 1.54) is 4.88 Å². The molecule has 2 aliphatic heterocycles. The number of hydrogen-bond donors (Lipinski definition) is 1. The lowest BCUT2D eigenvalue weighted by molar-refractivity contribution is -0.137. The van der Waals surface area contributed by atoms with E-state index in [0.29, 0.717) is 5.02 Å². The monoisotopic (exact) mass is 416 g/mol.